The summed E-state index contributed by atoms with van der Waals surface area (Å²) >= 11 is 0. The van der Waals surface area contributed by atoms with E-state index in [9.17, 15) is 8.42 Å². The van der Waals surface area contributed by atoms with Crippen LogP contribution in [0.5, 0.6) is 5.75 Å². The first-order chi connectivity index (χ1) is 14.4. The molecular formula is C24H25ClN2O3S. The van der Waals surface area contributed by atoms with Gasteiger partial charge >= 0.3 is 0 Å². The van der Waals surface area contributed by atoms with Gasteiger partial charge in [0.05, 0.1) is 12.8 Å². The summed E-state index contributed by atoms with van der Waals surface area (Å²) in [5.74, 6) is 0.661. The Morgan fingerprint density at radius 3 is 2.42 bits per heavy atom. The minimum absolute atomic E-state index is 0. The number of sulfonamides is 1. The van der Waals surface area contributed by atoms with Gasteiger partial charge in [-0.3, -0.25) is 9.71 Å². The van der Waals surface area contributed by atoms with Gasteiger partial charge in [0.1, 0.15) is 11.0 Å². The highest BCUT2D eigenvalue weighted by molar-refractivity contribution is 7.93. The highest BCUT2D eigenvalue weighted by Gasteiger charge is 2.25. The Morgan fingerprint density at radius 1 is 1.06 bits per heavy atom. The molecule has 0 saturated heterocycles. The number of para-hydroxylation sites is 1. The summed E-state index contributed by atoms with van der Waals surface area (Å²) in [6, 6.07) is 18.0. The van der Waals surface area contributed by atoms with Crippen molar-refractivity contribution in [1.82, 2.24) is 4.98 Å². The molecule has 1 atom stereocenters. The SMILES string of the molecule is C=CC(c1ccc(OC)cc1)S(=O)(=O)Nc1ccccc1C=Cc1ccnc(C)c1.Cl. The van der Waals surface area contributed by atoms with Crippen molar-refractivity contribution in [3.63, 3.8) is 0 Å². The summed E-state index contributed by atoms with van der Waals surface area (Å²) in [7, 11) is -2.20. The maximum atomic E-state index is 13.1. The van der Waals surface area contributed by atoms with E-state index in [1.165, 1.54) is 6.08 Å². The first kappa shape index (κ1) is 24.2. The molecule has 2 aromatic carbocycles. The second kappa shape index (κ2) is 10.8. The average molecular weight is 457 g/mol. The summed E-state index contributed by atoms with van der Waals surface area (Å²) < 4.78 is 34.1. The van der Waals surface area contributed by atoms with E-state index in [1.807, 2.05) is 43.3 Å². The van der Waals surface area contributed by atoms with Gasteiger partial charge in [0.25, 0.3) is 0 Å². The largest absolute Gasteiger partial charge is 0.497 e. The average Bonchev–Trinajstić information content (AvgIpc) is 2.74. The molecule has 0 bridgehead atoms. The number of ether oxygens (including phenoxy) is 1. The predicted octanol–water partition coefficient (Wildman–Crippen LogP) is 5.66. The number of anilines is 1. The van der Waals surface area contributed by atoms with E-state index in [0.29, 0.717) is 17.0 Å². The molecule has 0 aliphatic carbocycles. The zero-order chi connectivity index (χ0) is 21.6. The predicted molar refractivity (Wildman–Crippen MR) is 130 cm³/mol. The number of halogens is 1. The van der Waals surface area contributed by atoms with E-state index in [2.05, 4.69) is 16.3 Å². The van der Waals surface area contributed by atoms with Crippen LogP contribution in [-0.2, 0) is 10.0 Å². The van der Waals surface area contributed by atoms with Gasteiger partial charge in [0, 0.05) is 11.9 Å². The van der Waals surface area contributed by atoms with E-state index in [1.54, 1.807) is 49.7 Å². The lowest BCUT2D eigenvalue weighted by Crippen LogP contribution is -2.20. The van der Waals surface area contributed by atoms with E-state index >= 15 is 0 Å². The monoisotopic (exact) mass is 456 g/mol. The number of benzene rings is 2. The number of nitrogens with zero attached hydrogens (tertiary/aromatic N) is 1. The first-order valence-electron chi connectivity index (χ1n) is 9.41. The number of aryl methyl sites for hydroxylation is 1. The molecule has 0 saturated carbocycles. The molecule has 0 aliphatic heterocycles. The standard InChI is InChI=1S/C24H24N2O3S.ClH/c1-4-24(21-11-13-22(29-3)14-12-21)30(27,28)26-23-8-6-5-7-20(23)10-9-19-15-16-25-18(2)17-19;/h4-17,24,26H,1H2,2-3H3;1H. The van der Waals surface area contributed by atoms with Crippen molar-refractivity contribution >= 4 is 40.3 Å². The van der Waals surface area contributed by atoms with Gasteiger partial charge in [-0.2, -0.15) is 0 Å². The molecule has 3 rings (SSSR count). The quantitative estimate of drug-likeness (QED) is 0.444. The molecule has 0 fully saturated rings. The molecule has 0 amide bonds. The van der Waals surface area contributed by atoms with Crippen molar-refractivity contribution in [2.45, 2.75) is 12.2 Å². The Hall–Kier alpha value is -3.09. The topological polar surface area (TPSA) is 68.3 Å². The van der Waals surface area contributed by atoms with Crippen molar-refractivity contribution in [3.8, 4) is 5.75 Å². The number of nitrogens with one attached hydrogen (secondary N) is 1. The van der Waals surface area contributed by atoms with Gasteiger partial charge in [-0.05, 0) is 53.9 Å². The summed E-state index contributed by atoms with van der Waals surface area (Å²) in [5.41, 5.74) is 3.77. The smallest absolute Gasteiger partial charge is 0.243 e. The minimum Gasteiger partial charge on any atom is -0.497 e. The van der Waals surface area contributed by atoms with E-state index < -0.39 is 15.3 Å². The van der Waals surface area contributed by atoms with E-state index in [4.69, 9.17) is 4.74 Å². The molecular weight excluding hydrogens is 432 g/mol. The van der Waals surface area contributed by atoms with Crippen molar-refractivity contribution in [2.75, 3.05) is 11.8 Å². The molecule has 5 nitrogen and oxygen atoms in total. The van der Waals surface area contributed by atoms with Crippen LogP contribution < -0.4 is 9.46 Å². The van der Waals surface area contributed by atoms with Crippen LogP contribution in [0.15, 0.2) is 79.5 Å². The first-order valence-corrected chi connectivity index (χ1v) is 11.0. The lowest BCUT2D eigenvalue weighted by Gasteiger charge is -2.17. The minimum atomic E-state index is -3.76. The molecule has 31 heavy (non-hydrogen) atoms. The van der Waals surface area contributed by atoms with Crippen molar-refractivity contribution in [2.24, 2.45) is 0 Å². The van der Waals surface area contributed by atoms with Gasteiger partial charge in [-0.1, -0.05) is 48.6 Å². The summed E-state index contributed by atoms with van der Waals surface area (Å²) in [6.07, 6.45) is 6.97. The zero-order valence-electron chi connectivity index (χ0n) is 17.4. The molecule has 1 unspecified atom stereocenters. The van der Waals surface area contributed by atoms with Crippen LogP contribution in [0.25, 0.3) is 12.2 Å². The number of pyridine rings is 1. The Bertz CT molecular complexity index is 1160. The van der Waals surface area contributed by atoms with Gasteiger partial charge in [0.15, 0.2) is 0 Å². The molecule has 0 spiro atoms. The van der Waals surface area contributed by atoms with Crippen LogP contribution in [-0.4, -0.2) is 20.5 Å². The number of methoxy groups -OCH3 is 1. The second-order valence-electron chi connectivity index (χ2n) is 6.73. The van der Waals surface area contributed by atoms with Gasteiger partial charge in [-0.25, -0.2) is 8.42 Å². The van der Waals surface area contributed by atoms with Crippen molar-refractivity contribution in [1.29, 1.82) is 0 Å². The molecule has 0 radical (unpaired) electrons. The van der Waals surface area contributed by atoms with Crippen LogP contribution in [0.4, 0.5) is 5.69 Å². The van der Waals surface area contributed by atoms with Crippen LogP contribution >= 0.6 is 12.4 Å². The van der Waals surface area contributed by atoms with Gasteiger partial charge in [0.2, 0.25) is 10.0 Å². The summed E-state index contributed by atoms with van der Waals surface area (Å²) in [6.45, 7) is 5.65. The zero-order valence-corrected chi connectivity index (χ0v) is 19.0. The highest BCUT2D eigenvalue weighted by Crippen LogP contribution is 2.29. The van der Waals surface area contributed by atoms with Gasteiger partial charge in [-0.15, -0.1) is 19.0 Å². The Balaban J connectivity index is 0.00000341. The lowest BCUT2D eigenvalue weighted by molar-refractivity contribution is 0.414. The van der Waals surface area contributed by atoms with E-state index in [0.717, 1.165) is 16.8 Å². The third-order valence-electron chi connectivity index (χ3n) is 4.58. The van der Waals surface area contributed by atoms with Gasteiger partial charge < -0.3 is 4.74 Å². The second-order valence-corrected chi connectivity index (χ2v) is 8.53. The third kappa shape index (κ3) is 6.20. The fourth-order valence-corrected chi connectivity index (χ4v) is 4.43. The van der Waals surface area contributed by atoms with E-state index in [-0.39, 0.29) is 12.4 Å². The Labute approximate surface area is 190 Å². The fraction of sp³-hybridized carbons (Fsp3) is 0.125. The molecule has 3 aromatic rings. The normalized spacial score (nSPS) is 12.1. The number of hydrogen-bond acceptors (Lipinski definition) is 4. The molecule has 1 N–H and O–H groups in total. The number of hydrogen-bond donors (Lipinski definition) is 1. The summed E-state index contributed by atoms with van der Waals surface area (Å²) in [5, 5.41) is -0.900. The molecule has 162 valence electrons. The van der Waals surface area contributed by atoms with Crippen LogP contribution in [0, 0.1) is 6.92 Å². The fourth-order valence-electron chi connectivity index (χ4n) is 3.04. The van der Waals surface area contributed by atoms with Crippen LogP contribution in [0.1, 0.15) is 27.6 Å². The summed E-state index contributed by atoms with van der Waals surface area (Å²) in [4.78, 5) is 4.19. The van der Waals surface area contributed by atoms with Crippen molar-refractivity contribution in [3.05, 3.63) is 102 Å². The molecule has 1 heterocycles. The highest BCUT2D eigenvalue weighted by atomic mass is 35.5. The maximum Gasteiger partial charge on any atom is 0.243 e. The Morgan fingerprint density at radius 2 is 1.77 bits per heavy atom. The lowest BCUT2D eigenvalue weighted by atomic mass is 10.1. The van der Waals surface area contributed by atoms with Crippen LogP contribution in [0.3, 0.4) is 0 Å². The van der Waals surface area contributed by atoms with Crippen LogP contribution in [0.2, 0.25) is 0 Å². The number of aromatic nitrogens is 1. The number of rotatable bonds is 8. The molecule has 0 aliphatic rings. The van der Waals surface area contributed by atoms with Crippen molar-refractivity contribution < 1.29 is 13.2 Å². The molecule has 7 heteroatoms. The molecule has 1 aromatic heterocycles. The third-order valence-corrected chi connectivity index (χ3v) is 6.22. The Kier molecular flexibility index (Phi) is 8.42. The maximum absolute atomic E-state index is 13.1.